The van der Waals surface area contributed by atoms with Crippen molar-refractivity contribution in [2.75, 3.05) is 5.21 Å². The van der Waals surface area contributed by atoms with E-state index in [0.717, 1.165) is 5.56 Å². The van der Waals surface area contributed by atoms with E-state index in [0.29, 0.717) is 5.02 Å². The highest BCUT2D eigenvalue weighted by molar-refractivity contribution is 7.90. The molecule has 0 amide bonds. The van der Waals surface area contributed by atoms with Crippen LogP contribution in [-0.2, 0) is 10.0 Å². The molecule has 15 heavy (non-hydrogen) atoms. The van der Waals surface area contributed by atoms with Crippen molar-refractivity contribution < 1.29 is 8.42 Å². The average molecular weight is 268 g/mol. The van der Waals surface area contributed by atoms with Gasteiger partial charge in [0.15, 0.2) is 0 Å². The highest BCUT2D eigenvalue weighted by Crippen LogP contribution is 2.22. The first-order valence-corrected chi connectivity index (χ1v) is 6.83. The minimum atomic E-state index is -3.43. The van der Waals surface area contributed by atoms with Gasteiger partial charge in [-0.3, -0.25) is 0 Å². The van der Waals surface area contributed by atoms with Crippen LogP contribution in [0.3, 0.4) is 0 Å². The Hall–Kier alpha value is -0.290. The molecular weight excluding hydrogens is 257 g/mol. The van der Waals surface area contributed by atoms with Crippen LogP contribution in [0, 0.1) is 0 Å². The summed E-state index contributed by atoms with van der Waals surface area (Å²) in [7, 11) is -3.43. The van der Waals surface area contributed by atoms with Crippen molar-refractivity contribution in [1.29, 1.82) is 0 Å². The maximum absolute atomic E-state index is 11.2. The van der Waals surface area contributed by atoms with Gasteiger partial charge in [0, 0.05) is 11.1 Å². The Balaban J connectivity index is 2.87. The smallest absolute Gasteiger partial charge is 0.211 e. The molecule has 0 heterocycles. The zero-order valence-corrected chi connectivity index (χ0v) is 10.4. The second-order valence-corrected chi connectivity index (χ2v) is 5.83. The Kier molecular flexibility index (Phi) is 4.40. The van der Waals surface area contributed by atoms with Gasteiger partial charge >= 0.3 is 0 Å². The lowest BCUT2D eigenvalue weighted by Crippen LogP contribution is -2.27. The van der Waals surface area contributed by atoms with Crippen LogP contribution in [0.4, 0.5) is 0 Å². The van der Waals surface area contributed by atoms with Crippen molar-refractivity contribution in [1.82, 2.24) is 4.72 Å². The quantitative estimate of drug-likeness (QED) is 0.853. The average Bonchev–Trinajstić information content (AvgIpc) is 2.17. The maximum atomic E-state index is 11.2. The van der Waals surface area contributed by atoms with Crippen LogP contribution in [0.25, 0.3) is 0 Å². The molecule has 1 atom stereocenters. The van der Waals surface area contributed by atoms with E-state index in [9.17, 15) is 8.42 Å². The monoisotopic (exact) mass is 267 g/mol. The standard InChI is InChI=1S/C9H11Cl2NO2S/c1-7(12-15(13,14)6-10)8-4-2-3-5-9(8)11/h2-5,7,12H,6H2,1H3/t7-/m1/s1. The minimum Gasteiger partial charge on any atom is -0.211 e. The number of rotatable bonds is 4. The summed E-state index contributed by atoms with van der Waals surface area (Å²) in [5.41, 5.74) is 0.729. The highest BCUT2D eigenvalue weighted by atomic mass is 35.5. The highest BCUT2D eigenvalue weighted by Gasteiger charge is 2.15. The Labute approximate surface area is 99.4 Å². The molecule has 1 aromatic rings. The van der Waals surface area contributed by atoms with Gasteiger partial charge in [-0.2, -0.15) is 0 Å². The fraction of sp³-hybridized carbons (Fsp3) is 0.333. The van der Waals surface area contributed by atoms with Crippen molar-refractivity contribution in [3.63, 3.8) is 0 Å². The predicted molar refractivity (Wildman–Crippen MR) is 62.6 cm³/mol. The van der Waals surface area contributed by atoms with Gasteiger partial charge in [-0.25, -0.2) is 13.1 Å². The van der Waals surface area contributed by atoms with Gasteiger partial charge in [0.05, 0.1) is 0 Å². The zero-order valence-electron chi connectivity index (χ0n) is 8.07. The lowest BCUT2D eigenvalue weighted by atomic mass is 10.1. The van der Waals surface area contributed by atoms with E-state index in [4.69, 9.17) is 23.2 Å². The molecular formula is C9H11Cl2NO2S. The number of alkyl halides is 1. The summed E-state index contributed by atoms with van der Waals surface area (Å²) in [6.07, 6.45) is 0. The van der Waals surface area contributed by atoms with Crippen molar-refractivity contribution >= 4 is 33.2 Å². The molecule has 0 saturated carbocycles. The third kappa shape index (κ3) is 3.65. The van der Waals surface area contributed by atoms with Gasteiger partial charge in [-0.15, -0.1) is 11.6 Å². The van der Waals surface area contributed by atoms with Crippen LogP contribution in [0.15, 0.2) is 24.3 Å². The first kappa shape index (κ1) is 12.8. The molecule has 84 valence electrons. The Bertz CT molecular complexity index is 433. The first-order chi connectivity index (χ1) is 6.96. The second-order valence-electron chi connectivity index (χ2n) is 3.08. The van der Waals surface area contributed by atoms with Crippen LogP contribution in [0.1, 0.15) is 18.5 Å². The normalized spacial score (nSPS) is 13.8. The number of sulfonamides is 1. The first-order valence-electron chi connectivity index (χ1n) is 4.26. The van der Waals surface area contributed by atoms with Gasteiger partial charge < -0.3 is 0 Å². The van der Waals surface area contributed by atoms with Crippen LogP contribution in [0.5, 0.6) is 0 Å². The number of hydrogen-bond acceptors (Lipinski definition) is 2. The zero-order chi connectivity index (χ0) is 11.5. The summed E-state index contributed by atoms with van der Waals surface area (Å²) in [4.78, 5) is 0. The second kappa shape index (κ2) is 5.16. The Morgan fingerprint density at radius 2 is 2.00 bits per heavy atom. The SMILES string of the molecule is C[C@@H](NS(=O)(=O)CCl)c1ccccc1Cl. The fourth-order valence-corrected chi connectivity index (χ4v) is 2.41. The minimum absolute atomic E-state index is 0.387. The maximum Gasteiger partial charge on any atom is 0.226 e. The van der Waals surface area contributed by atoms with E-state index in [2.05, 4.69) is 4.72 Å². The Morgan fingerprint density at radius 3 is 2.53 bits per heavy atom. The molecule has 0 radical (unpaired) electrons. The van der Waals surface area contributed by atoms with E-state index in [-0.39, 0.29) is 6.04 Å². The van der Waals surface area contributed by atoms with Gasteiger partial charge in [0.25, 0.3) is 0 Å². The molecule has 0 aromatic heterocycles. The van der Waals surface area contributed by atoms with E-state index in [1.54, 1.807) is 31.2 Å². The van der Waals surface area contributed by atoms with Crippen LogP contribution in [-0.4, -0.2) is 13.6 Å². The van der Waals surface area contributed by atoms with Crippen LogP contribution >= 0.6 is 23.2 Å². The molecule has 0 unspecified atom stereocenters. The summed E-state index contributed by atoms with van der Waals surface area (Å²) in [6.45, 7) is 1.71. The summed E-state index contributed by atoms with van der Waals surface area (Å²) < 4.78 is 24.8. The molecule has 0 aliphatic rings. The summed E-state index contributed by atoms with van der Waals surface area (Å²) in [6, 6.07) is 6.68. The molecule has 0 aliphatic heterocycles. The molecule has 0 bridgehead atoms. The van der Waals surface area contributed by atoms with E-state index < -0.39 is 15.2 Å². The molecule has 0 spiro atoms. The van der Waals surface area contributed by atoms with Crippen molar-refractivity contribution in [2.45, 2.75) is 13.0 Å². The number of nitrogens with one attached hydrogen (secondary N) is 1. The molecule has 6 heteroatoms. The number of halogens is 2. The van der Waals surface area contributed by atoms with Gasteiger partial charge in [-0.1, -0.05) is 29.8 Å². The van der Waals surface area contributed by atoms with Crippen molar-refractivity contribution in [3.05, 3.63) is 34.9 Å². The Morgan fingerprint density at radius 1 is 1.40 bits per heavy atom. The number of hydrogen-bond donors (Lipinski definition) is 1. The van der Waals surface area contributed by atoms with Crippen molar-refractivity contribution in [3.8, 4) is 0 Å². The van der Waals surface area contributed by atoms with Crippen molar-refractivity contribution in [2.24, 2.45) is 0 Å². The lowest BCUT2D eigenvalue weighted by molar-refractivity contribution is 0.571. The molecule has 0 fully saturated rings. The molecule has 0 aliphatic carbocycles. The molecule has 0 saturated heterocycles. The number of benzene rings is 1. The van der Waals surface area contributed by atoms with Crippen LogP contribution < -0.4 is 4.72 Å². The fourth-order valence-electron chi connectivity index (χ4n) is 1.19. The summed E-state index contributed by atoms with van der Waals surface area (Å²) in [5.74, 6) is 0. The molecule has 1 rings (SSSR count). The third-order valence-electron chi connectivity index (χ3n) is 1.87. The molecule has 1 aromatic carbocycles. The third-order valence-corrected chi connectivity index (χ3v) is 4.08. The van der Waals surface area contributed by atoms with Gasteiger partial charge in [0.2, 0.25) is 10.0 Å². The summed E-state index contributed by atoms with van der Waals surface area (Å²) >= 11 is 11.2. The van der Waals surface area contributed by atoms with E-state index in [1.165, 1.54) is 0 Å². The molecule has 1 N–H and O–H groups in total. The van der Waals surface area contributed by atoms with Crippen LogP contribution in [0.2, 0.25) is 5.02 Å². The summed E-state index contributed by atoms with van der Waals surface area (Å²) in [5, 5.41) is 0.0733. The van der Waals surface area contributed by atoms with Gasteiger partial charge in [-0.05, 0) is 18.6 Å². The largest absolute Gasteiger partial charge is 0.226 e. The van der Waals surface area contributed by atoms with E-state index in [1.807, 2.05) is 0 Å². The predicted octanol–water partition coefficient (Wildman–Crippen LogP) is 2.52. The van der Waals surface area contributed by atoms with Gasteiger partial charge in [0.1, 0.15) is 5.21 Å². The topological polar surface area (TPSA) is 46.2 Å². The van der Waals surface area contributed by atoms with E-state index >= 15 is 0 Å². The lowest BCUT2D eigenvalue weighted by Gasteiger charge is -2.14. The molecule has 3 nitrogen and oxygen atoms in total.